The number of ketones is 1. The van der Waals surface area contributed by atoms with Crippen LogP contribution in [0.5, 0.6) is 11.5 Å². The fraction of sp³-hybridized carbons (Fsp3) is 0.133. The summed E-state index contributed by atoms with van der Waals surface area (Å²) in [4.78, 5) is 11.9. The van der Waals surface area contributed by atoms with Crippen molar-refractivity contribution in [3.63, 3.8) is 0 Å². The van der Waals surface area contributed by atoms with Crippen molar-refractivity contribution >= 4 is 5.78 Å². The quantitative estimate of drug-likeness (QED) is 0.806. The zero-order chi connectivity index (χ0) is 14.2. The molecule has 0 bridgehead atoms. The fourth-order valence-corrected chi connectivity index (χ4v) is 1.99. The van der Waals surface area contributed by atoms with Gasteiger partial charge in [0.1, 0.15) is 0 Å². The molecule has 0 atom stereocenters. The van der Waals surface area contributed by atoms with E-state index < -0.39 is 17.3 Å². The van der Waals surface area contributed by atoms with Gasteiger partial charge in [0.25, 0.3) is 0 Å². The van der Waals surface area contributed by atoms with Crippen LogP contribution in [-0.2, 0) is 5.92 Å². The van der Waals surface area contributed by atoms with Crippen LogP contribution in [0.15, 0.2) is 48.5 Å². The Bertz CT molecular complexity index is 653. The van der Waals surface area contributed by atoms with Crippen LogP contribution in [0, 0.1) is 0 Å². The van der Waals surface area contributed by atoms with Gasteiger partial charge in [-0.05, 0) is 18.2 Å². The van der Waals surface area contributed by atoms with Gasteiger partial charge >= 0.3 is 5.92 Å². The lowest BCUT2D eigenvalue weighted by atomic mass is 9.98. The predicted octanol–water partition coefficient (Wildman–Crippen LogP) is 3.39. The molecule has 102 valence electrons. The Balaban J connectivity index is 1.97. The minimum Gasteiger partial charge on any atom is -0.454 e. The van der Waals surface area contributed by atoms with Crippen molar-refractivity contribution in [2.75, 3.05) is 6.79 Å². The summed E-state index contributed by atoms with van der Waals surface area (Å²) in [5, 5.41) is 0. The summed E-state index contributed by atoms with van der Waals surface area (Å²) in [6, 6.07) is 11.2. The van der Waals surface area contributed by atoms with Gasteiger partial charge in [-0.2, -0.15) is 8.78 Å². The predicted molar refractivity (Wildman–Crippen MR) is 67.2 cm³/mol. The molecule has 3 nitrogen and oxygen atoms in total. The second kappa shape index (κ2) is 4.59. The van der Waals surface area contributed by atoms with E-state index >= 15 is 0 Å². The Morgan fingerprint density at radius 2 is 1.70 bits per heavy atom. The third kappa shape index (κ3) is 2.01. The zero-order valence-corrected chi connectivity index (χ0v) is 10.3. The highest BCUT2D eigenvalue weighted by Crippen LogP contribution is 2.39. The molecule has 0 amide bonds. The van der Waals surface area contributed by atoms with E-state index in [-0.39, 0.29) is 18.1 Å². The number of halogens is 2. The highest BCUT2D eigenvalue weighted by Gasteiger charge is 2.42. The maximum atomic E-state index is 14.3. The summed E-state index contributed by atoms with van der Waals surface area (Å²) < 4.78 is 38.6. The first kappa shape index (κ1) is 12.6. The Labute approximate surface area is 113 Å². The number of carbonyl (C=O) groups is 1. The number of rotatable bonds is 3. The highest BCUT2D eigenvalue weighted by molar-refractivity contribution is 6.01. The standard InChI is InChI=1S/C15H10F2O3/c16-15(17,14(18)10-4-2-1-3-5-10)11-6-7-12-13(8-11)20-9-19-12/h1-8H,9H2. The molecule has 20 heavy (non-hydrogen) atoms. The molecule has 1 aliphatic rings. The molecule has 0 saturated carbocycles. The first-order valence-electron chi connectivity index (χ1n) is 5.97. The van der Waals surface area contributed by atoms with Gasteiger partial charge in [0.05, 0.1) is 0 Å². The summed E-state index contributed by atoms with van der Waals surface area (Å²) in [6.07, 6.45) is 0. The van der Waals surface area contributed by atoms with Gasteiger partial charge < -0.3 is 9.47 Å². The maximum Gasteiger partial charge on any atom is 0.335 e. The monoisotopic (exact) mass is 276 g/mol. The molecule has 0 spiro atoms. The van der Waals surface area contributed by atoms with Crippen molar-refractivity contribution in [2.45, 2.75) is 5.92 Å². The van der Waals surface area contributed by atoms with Crippen LogP contribution in [-0.4, -0.2) is 12.6 Å². The lowest BCUT2D eigenvalue weighted by Gasteiger charge is -2.15. The van der Waals surface area contributed by atoms with E-state index in [1.807, 2.05) is 0 Å². The highest BCUT2D eigenvalue weighted by atomic mass is 19.3. The van der Waals surface area contributed by atoms with Gasteiger partial charge in [-0.25, -0.2) is 0 Å². The van der Waals surface area contributed by atoms with Crippen LogP contribution >= 0.6 is 0 Å². The first-order chi connectivity index (χ1) is 9.59. The number of hydrogen-bond donors (Lipinski definition) is 0. The van der Waals surface area contributed by atoms with Crippen molar-refractivity contribution in [1.29, 1.82) is 0 Å². The van der Waals surface area contributed by atoms with E-state index in [4.69, 9.17) is 9.47 Å². The van der Waals surface area contributed by atoms with Crippen LogP contribution in [0.1, 0.15) is 15.9 Å². The second-order valence-corrected chi connectivity index (χ2v) is 4.34. The molecular weight excluding hydrogens is 266 g/mol. The van der Waals surface area contributed by atoms with E-state index in [0.29, 0.717) is 5.75 Å². The van der Waals surface area contributed by atoms with Crippen molar-refractivity contribution < 1.29 is 23.0 Å². The summed E-state index contributed by atoms with van der Waals surface area (Å²) in [5.74, 6) is -4.22. The molecule has 1 heterocycles. The van der Waals surface area contributed by atoms with E-state index in [9.17, 15) is 13.6 Å². The number of fused-ring (bicyclic) bond motifs is 1. The molecule has 0 fully saturated rings. The van der Waals surface area contributed by atoms with Gasteiger partial charge in [-0.1, -0.05) is 30.3 Å². The van der Waals surface area contributed by atoms with Crippen molar-refractivity contribution in [3.05, 3.63) is 59.7 Å². The van der Waals surface area contributed by atoms with Crippen LogP contribution in [0.25, 0.3) is 0 Å². The molecule has 3 rings (SSSR count). The molecule has 0 radical (unpaired) electrons. The third-order valence-electron chi connectivity index (χ3n) is 3.06. The number of Topliss-reactive ketones (excluding diaryl/α,β-unsaturated/α-hetero) is 1. The van der Waals surface area contributed by atoms with Crippen molar-refractivity contribution in [1.82, 2.24) is 0 Å². The molecule has 0 N–H and O–H groups in total. The van der Waals surface area contributed by atoms with Gasteiger partial charge in [0, 0.05) is 11.1 Å². The molecule has 2 aromatic rings. The van der Waals surface area contributed by atoms with Crippen LogP contribution < -0.4 is 9.47 Å². The molecule has 0 aromatic heterocycles. The molecule has 2 aromatic carbocycles. The molecule has 5 heteroatoms. The largest absolute Gasteiger partial charge is 0.454 e. The van der Waals surface area contributed by atoms with Crippen molar-refractivity contribution in [2.24, 2.45) is 0 Å². The molecule has 0 aliphatic carbocycles. The Hall–Kier alpha value is -2.43. The summed E-state index contributed by atoms with van der Waals surface area (Å²) >= 11 is 0. The molecular formula is C15H10F2O3. The van der Waals surface area contributed by atoms with Gasteiger partial charge in [0.2, 0.25) is 12.6 Å². The third-order valence-corrected chi connectivity index (χ3v) is 3.06. The number of hydrogen-bond acceptors (Lipinski definition) is 3. The van der Waals surface area contributed by atoms with Crippen molar-refractivity contribution in [3.8, 4) is 11.5 Å². The lowest BCUT2D eigenvalue weighted by molar-refractivity contribution is 0.00734. The maximum absolute atomic E-state index is 14.3. The smallest absolute Gasteiger partial charge is 0.335 e. The minimum absolute atomic E-state index is 0.00299. The van der Waals surface area contributed by atoms with Gasteiger partial charge in [-0.15, -0.1) is 0 Å². The fourth-order valence-electron chi connectivity index (χ4n) is 1.99. The molecule has 1 aliphatic heterocycles. The normalized spacial score (nSPS) is 13.3. The van der Waals surface area contributed by atoms with Gasteiger partial charge in [0.15, 0.2) is 11.5 Å². The Morgan fingerprint density at radius 1 is 1.00 bits per heavy atom. The van der Waals surface area contributed by atoms with E-state index in [1.54, 1.807) is 18.2 Å². The van der Waals surface area contributed by atoms with Crippen LogP contribution in [0.2, 0.25) is 0 Å². The topological polar surface area (TPSA) is 35.5 Å². The first-order valence-corrected chi connectivity index (χ1v) is 5.97. The number of carbonyl (C=O) groups excluding carboxylic acids is 1. The summed E-state index contributed by atoms with van der Waals surface area (Å²) in [6.45, 7) is -0.00299. The second-order valence-electron chi connectivity index (χ2n) is 4.34. The summed E-state index contributed by atoms with van der Waals surface area (Å²) in [7, 11) is 0. The number of ether oxygens (including phenoxy) is 2. The Morgan fingerprint density at radius 3 is 2.45 bits per heavy atom. The van der Waals surface area contributed by atoms with Crippen LogP contribution in [0.4, 0.5) is 8.78 Å². The zero-order valence-electron chi connectivity index (χ0n) is 10.3. The number of benzene rings is 2. The van der Waals surface area contributed by atoms with E-state index in [1.165, 1.54) is 24.3 Å². The minimum atomic E-state index is -3.61. The Kier molecular flexibility index (Phi) is 2.89. The SMILES string of the molecule is O=C(c1ccccc1)C(F)(F)c1ccc2c(c1)OCO2. The van der Waals surface area contributed by atoms with E-state index in [2.05, 4.69) is 0 Å². The molecule has 0 unspecified atom stereocenters. The average Bonchev–Trinajstić information content (AvgIpc) is 2.94. The van der Waals surface area contributed by atoms with Crippen LogP contribution in [0.3, 0.4) is 0 Å². The van der Waals surface area contributed by atoms with Gasteiger partial charge in [-0.3, -0.25) is 4.79 Å². The number of alkyl halides is 2. The van der Waals surface area contributed by atoms with E-state index in [0.717, 1.165) is 6.07 Å². The lowest BCUT2D eigenvalue weighted by Crippen LogP contribution is -2.26. The summed E-state index contributed by atoms with van der Waals surface area (Å²) in [5.41, 5.74) is -0.439. The average molecular weight is 276 g/mol. The molecule has 0 saturated heterocycles.